The van der Waals surface area contributed by atoms with Gasteiger partial charge in [-0.3, -0.25) is 9.78 Å². The van der Waals surface area contributed by atoms with Crippen LogP contribution in [0.15, 0.2) is 73.3 Å². The van der Waals surface area contributed by atoms with Gasteiger partial charge in [-0.05, 0) is 48.4 Å². The van der Waals surface area contributed by atoms with Crippen LogP contribution in [0.25, 0.3) is 5.65 Å². The predicted octanol–water partition coefficient (Wildman–Crippen LogP) is 4.58. The molecule has 4 rings (SSSR count). The van der Waals surface area contributed by atoms with Crippen molar-refractivity contribution in [2.45, 2.75) is 19.1 Å². The van der Waals surface area contributed by atoms with E-state index in [1.807, 2.05) is 13.0 Å². The van der Waals surface area contributed by atoms with E-state index in [9.17, 15) is 18.0 Å². The van der Waals surface area contributed by atoms with Gasteiger partial charge in [0.1, 0.15) is 5.65 Å². The van der Waals surface area contributed by atoms with Crippen molar-refractivity contribution in [2.24, 2.45) is 0 Å². The SMILES string of the molecule is Cc1cccnc1C(NC(=O)c1ccc2nccn2c1)c1ccc(C(F)(F)F)cc1. The van der Waals surface area contributed by atoms with Gasteiger partial charge >= 0.3 is 6.18 Å². The molecule has 1 atom stereocenters. The highest BCUT2D eigenvalue weighted by Gasteiger charge is 2.30. The van der Waals surface area contributed by atoms with Gasteiger partial charge in [0, 0.05) is 24.8 Å². The van der Waals surface area contributed by atoms with Gasteiger partial charge in [-0.1, -0.05) is 18.2 Å². The number of halogens is 3. The average Bonchev–Trinajstić information content (AvgIpc) is 3.20. The first-order valence-electron chi connectivity index (χ1n) is 9.15. The molecule has 0 aliphatic heterocycles. The Morgan fingerprint density at radius 2 is 1.80 bits per heavy atom. The van der Waals surface area contributed by atoms with Crippen molar-refractivity contribution in [1.29, 1.82) is 0 Å². The minimum absolute atomic E-state index is 0.374. The van der Waals surface area contributed by atoms with Gasteiger partial charge < -0.3 is 9.72 Å². The number of imidazole rings is 1. The lowest BCUT2D eigenvalue weighted by molar-refractivity contribution is -0.137. The number of nitrogens with one attached hydrogen (secondary N) is 1. The minimum atomic E-state index is -4.43. The van der Waals surface area contributed by atoms with Gasteiger partial charge in [0.25, 0.3) is 5.91 Å². The third kappa shape index (κ3) is 3.89. The summed E-state index contributed by atoms with van der Waals surface area (Å²) in [4.78, 5) is 21.5. The predicted molar refractivity (Wildman–Crippen MR) is 105 cm³/mol. The summed E-state index contributed by atoms with van der Waals surface area (Å²) in [5.41, 5.74) is 2.22. The van der Waals surface area contributed by atoms with Crippen molar-refractivity contribution in [2.75, 3.05) is 0 Å². The van der Waals surface area contributed by atoms with Crippen LogP contribution >= 0.6 is 0 Å². The molecular formula is C22H17F3N4O. The Balaban J connectivity index is 1.70. The van der Waals surface area contributed by atoms with E-state index in [0.717, 1.165) is 17.7 Å². The molecule has 0 saturated heterocycles. The second-order valence-corrected chi connectivity index (χ2v) is 6.84. The molecule has 8 heteroatoms. The van der Waals surface area contributed by atoms with E-state index in [0.29, 0.717) is 22.5 Å². The molecule has 1 unspecified atom stereocenters. The van der Waals surface area contributed by atoms with Crippen molar-refractivity contribution in [1.82, 2.24) is 19.7 Å². The largest absolute Gasteiger partial charge is 0.416 e. The first kappa shape index (κ1) is 19.6. The Bertz CT molecular complexity index is 1200. The van der Waals surface area contributed by atoms with Crippen LogP contribution in [0.1, 0.15) is 38.8 Å². The second-order valence-electron chi connectivity index (χ2n) is 6.84. The highest BCUT2D eigenvalue weighted by Crippen LogP contribution is 2.31. The van der Waals surface area contributed by atoms with E-state index in [2.05, 4.69) is 15.3 Å². The van der Waals surface area contributed by atoms with Crippen molar-refractivity contribution in [3.63, 3.8) is 0 Å². The fraction of sp³-hybridized carbons (Fsp3) is 0.136. The zero-order valence-corrected chi connectivity index (χ0v) is 15.9. The number of amides is 1. The van der Waals surface area contributed by atoms with E-state index in [1.165, 1.54) is 12.1 Å². The van der Waals surface area contributed by atoms with Crippen LogP contribution in [0.2, 0.25) is 0 Å². The Morgan fingerprint density at radius 1 is 1.03 bits per heavy atom. The topological polar surface area (TPSA) is 59.3 Å². The van der Waals surface area contributed by atoms with Gasteiger partial charge in [-0.25, -0.2) is 4.98 Å². The quantitative estimate of drug-likeness (QED) is 0.536. The molecule has 0 radical (unpaired) electrons. The summed E-state index contributed by atoms with van der Waals surface area (Å²) in [6.07, 6.45) is 2.15. The third-order valence-corrected chi connectivity index (χ3v) is 4.82. The second kappa shape index (κ2) is 7.62. The first-order valence-corrected chi connectivity index (χ1v) is 9.15. The van der Waals surface area contributed by atoms with Crippen LogP contribution < -0.4 is 5.32 Å². The number of rotatable bonds is 4. The van der Waals surface area contributed by atoms with Crippen LogP contribution in [-0.4, -0.2) is 20.3 Å². The molecule has 3 aromatic heterocycles. The number of hydrogen-bond acceptors (Lipinski definition) is 3. The molecular weight excluding hydrogens is 393 g/mol. The monoisotopic (exact) mass is 410 g/mol. The van der Waals surface area contributed by atoms with E-state index >= 15 is 0 Å². The lowest BCUT2D eigenvalue weighted by Gasteiger charge is -2.21. The molecule has 0 saturated carbocycles. The molecule has 30 heavy (non-hydrogen) atoms. The molecule has 0 fully saturated rings. The summed E-state index contributed by atoms with van der Waals surface area (Å²) >= 11 is 0. The number of fused-ring (bicyclic) bond motifs is 1. The van der Waals surface area contributed by atoms with E-state index in [4.69, 9.17) is 0 Å². The molecule has 1 aromatic carbocycles. The summed E-state index contributed by atoms with van der Waals surface area (Å²) in [6, 6.07) is 11.0. The van der Waals surface area contributed by atoms with E-state index in [1.54, 1.807) is 47.4 Å². The Morgan fingerprint density at radius 3 is 2.50 bits per heavy atom. The summed E-state index contributed by atoms with van der Waals surface area (Å²) in [5, 5.41) is 2.91. The maximum Gasteiger partial charge on any atom is 0.416 e. The molecule has 0 bridgehead atoms. The number of benzene rings is 1. The molecule has 1 amide bonds. The van der Waals surface area contributed by atoms with Crippen LogP contribution in [0, 0.1) is 6.92 Å². The Kier molecular flexibility index (Phi) is 4.99. The number of pyridine rings is 2. The van der Waals surface area contributed by atoms with Gasteiger partial charge in [-0.15, -0.1) is 0 Å². The average molecular weight is 410 g/mol. The summed E-state index contributed by atoms with van der Waals surface area (Å²) in [7, 11) is 0. The van der Waals surface area contributed by atoms with Crippen LogP contribution in [0.5, 0.6) is 0 Å². The molecule has 152 valence electrons. The van der Waals surface area contributed by atoms with Gasteiger partial charge in [0.05, 0.1) is 22.9 Å². The zero-order valence-electron chi connectivity index (χ0n) is 15.9. The number of carbonyl (C=O) groups is 1. The third-order valence-electron chi connectivity index (χ3n) is 4.82. The van der Waals surface area contributed by atoms with Crippen LogP contribution in [-0.2, 0) is 6.18 Å². The maximum atomic E-state index is 13.0. The van der Waals surface area contributed by atoms with Crippen molar-refractivity contribution in [3.05, 3.63) is 101 Å². The van der Waals surface area contributed by atoms with Gasteiger partial charge in [0.15, 0.2) is 0 Å². The minimum Gasteiger partial charge on any atom is -0.339 e. The molecule has 0 spiro atoms. The van der Waals surface area contributed by atoms with Crippen molar-refractivity contribution in [3.8, 4) is 0 Å². The lowest BCUT2D eigenvalue weighted by atomic mass is 9.98. The van der Waals surface area contributed by atoms with Gasteiger partial charge in [-0.2, -0.15) is 13.2 Å². The summed E-state index contributed by atoms with van der Waals surface area (Å²) < 4.78 is 40.6. The number of hydrogen-bond donors (Lipinski definition) is 1. The summed E-state index contributed by atoms with van der Waals surface area (Å²) in [6.45, 7) is 1.84. The van der Waals surface area contributed by atoms with Crippen LogP contribution in [0.4, 0.5) is 13.2 Å². The number of alkyl halides is 3. The fourth-order valence-corrected chi connectivity index (χ4v) is 3.24. The maximum absolute atomic E-state index is 13.0. The number of aryl methyl sites for hydroxylation is 1. The highest BCUT2D eigenvalue weighted by atomic mass is 19.4. The molecule has 4 aromatic rings. The molecule has 1 N–H and O–H groups in total. The van der Waals surface area contributed by atoms with E-state index in [-0.39, 0.29) is 5.91 Å². The first-order chi connectivity index (χ1) is 14.3. The lowest BCUT2D eigenvalue weighted by Crippen LogP contribution is -2.30. The smallest absolute Gasteiger partial charge is 0.339 e. The molecule has 0 aliphatic carbocycles. The van der Waals surface area contributed by atoms with Crippen molar-refractivity contribution >= 4 is 11.6 Å². The van der Waals surface area contributed by atoms with E-state index < -0.39 is 17.8 Å². The van der Waals surface area contributed by atoms with Crippen molar-refractivity contribution < 1.29 is 18.0 Å². The number of carbonyl (C=O) groups excluding carboxylic acids is 1. The summed E-state index contributed by atoms with van der Waals surface area (Å²) in [5.74, 6) is -0.374. The fourth-order valence-electron chi connectivity index (χ4n) is 3.24. The molecule has 3 heterocycles. The van der Waals surface area contributed by atoms with Gasteiger partial charge in [0.2, 0.25) is 0 Å². The molecule has 0 aliphatic rings. The normalized spacial score (nSPS) is 12.7. The number of aromatic nitrogens is 3. The number of nitrogens with zero attached hydrogens (tertiary/aromatic N) is 3. The standard InChI is InChI=1S/C22H17F3N4O/c1-14-3-2-10-27-19(14)20(15-4-7-17(8-5-15)22(23,24)25)28-21(30)16-6-9-18-26-11-12-29(18)13-16/h2-13,20H,1H3,(H,28,30). The van der Waals surface area contributed by atoms with Crippen LogP contribution in [0.3, 0.4) is 0 Å². The zero-order chi connectivity index (χ0) is 21.3. The molecule has 5 nitrogen and oxygen atoms in total. The Hall–Kier alpha value is -3.68. The highest BCUT2D eigenvalue weighted by molar-refractivity contribution is 5.94. The Labute approximate surface area is 170 Å².